The summed E-state index contributed by atoms with van der Waals surface area (Å²) in [5.41, 5.74) is 0.884. The van der Waals surface area contributed by atoms with Crippen molar-refractivity contribution in [2.24, 2.45) is 0 Å². The van der Waals surface area contributed by atoms with E-state index < -0.39 is 4.92 Å². The van der Waals surface area contributed by atoms with Gasteiger partial charge in [-0.05, 0) is 25.1 Å². The van der Waals surface area contributed by atoms with E-state index in [0.717, 1.165) is 5.56 Å². The van der Waals surface area contributed by atoms with Crippen molar-refractivity contribution in [3.8, 4) is 22.9 Å². The minimum absolute atomic E-state index is 0.0549. The van der Waals surface area contributed by atoms with Crippen LogP contribution in [0, 0.1) is 10.1 Å². The zero-order chi connectivity index (χ0) is 22.5. The fraction of sp³-hybridized carbons (Fsp3) is 0.250. The molecule has 1 aromatic heterocycles. The van der Waals surface area contributed by atoms with E-state index in [0.29, 0.717) is 33.5 Å². The van der Waals surface area contributed by atoms with Gasteiger partial charge in [0.2, 0.25) is 0 Å². The lowest BCUT2D eigenvalue weighted by Crippen LogP contribution is -2.06. The molecule has 0 aliphatic carbocycles. The van der Waals surface area contributed by atoms with E-state index in [4.69, 9.17) is 9.47 Å². The molecule has 11 heteroatoms. The Hall–Kier alpha value is -2.92. The molecule has 162 valence electrons. The van der Waals surface area contributed by atoms with Crippen LogP contribution in [0.2, 0.25) is 0 Å². The molecule has 0 aliphatic rings. The van der Waals surface area contributed by atoms with Crippen molar-refractivity contribution in [3.05, 3.63) is 56.5 Å². The van der Waals surface area contributed by atoms with Crippen LogP contribution in [0.1, 0.15) is 17.3 Å². The van der Waals surface area contributed by atoms with E-state index in [9.17, 15) is 14.9 Å². The second-order valence-corrected chi connectivity index (χ2v) is 8.08. The third-order valence-electron chi connectivity index (χ3n) is 4.44. The van der Waals surface area contributed by atoms with Crippen LogP contribution in [0.5, 0.6) is 11.5 Å². The number of carbonyl (C=O) groups is 1. The molecule has 0 radical (unpaired) electrons. The maximum Gasteiger partial charge on any atom is 0.270 e. The predicted molar refractivity (Wildman–Crippen MR) is 120 cm³/mol. The molecule has 0 unspecified atom stereocenters. The normalized spacial score (nSPS) is 10.7. The Kier molecular flexibility index (Phi) is 7.29. The molecule has 0 saturated carbocycles. The Morgan fingerprint density at radius 3 is 2.42 bits per heavy atom. The van der Waals surface area contributed by atoms with Gasteiger partial charge in [0, 0.05) is 40.3 Å². The Balaban J connectivity index is 1.85. The number of ketones is 1. The number of benzene rings is 2. The first-order valence-corrected chi connectivity index (χ1v) is 10.9. The van der Waals surface area contributed by atoms with Gasteiger partial charge in [-0.3, -0.25) is 14.9 Å². The number of methoxy groups -OCH3 is 2. The minimum Gasteiger partial charge on any atom is -0.497 e. The van der Waals surface area contributed by atoms with E-state index in [1.165, 1.54) is 30.0 Å². The number of nitrogens with zero attached hydrogens (tertiary/aromatic N) is 4. The summed E-state index contributed by atoms with van der Waals surface area (Å²) in [4.78, 5) is 23.2. The molecule has 0 atom stereocenters. The number of ether oxygens (including phenoxy) is 2. The molecule has 0 spiro atoms. The van der Waals surface area contributed by atoms with Crippen molar-refractivity contribution in [2.45, 2.75) is 18.6 Å². The Morgan fingerprint density at radius 1 is 1.16 bits per heavy atom. The van der Waals surface area contributed by atoms with Crippen LogP contribution in [0.15, 0.2) is 46.0 Å². The minimum atomic E-state index is -0.529. The second-order valence-electron chi connectivity index (χ2n) is 6.28. The zero-order valence-electron chi connectivity index (χ0n) is 17.0. The molecule has 2 aromatic carbocycles. The van der Waals surface area contributed by atoms with Crippen LogP contribution >= 0.6 is 27.7 Å². The third kappa shape index (κ3) is 5.05. The number of nitro groups is 1. The standard InChI is InChI=1S/C20H19BrN4O5S/c1-4-24-19(12-7-14(29-2)10-15(8-12)30-3)22-23-20(24)31-11-18(26)16-9-13(25(27)28)5-6-17(16)21/h5-10H,4,11H2,1-3H3. The molecule has 1 heterocycles. The van der Waals surface area contributed by atoms with Crippen LogP contribution in [0.4, 0.5) is 5.69 Å². The number of nitro benzene ring substituents is 1. The van der Waals surface area contributed by atoms with Gasteiger partial charge in [-0.15, -0.1) is 10.2 Å². The first-order chi connectivity index (χ1) is 14.9. The monoisotopic (exact) mass is 506 g/mol. The van der Waals surface area contributed by atoms with Gasteiger partial charge in [-0.1, -0.05) is 27.7 Å². The molecular formula is C20H19BrN4O5S. The predicted octanol–water partition coefficient (Wildman–Crippen LogP) is 4.63. The van der Waals surface area contributed by atoms with Gasteiger partial charge >= 0.3 is 0 Å². The van der Waals surface area contributed by atoms with Gasteiger partial charge in [0.25, 0.3) is 5.69 Å². The van der Waals surface area contributed by atoms with Gasteiger partial charge in [0.05, 0.1) is 24.9 Å². The smallest absolute Gasteiger partial charge is 0.270 e. The number of Topliss-reactive ketones (excluding diaryl/α,β-unsaturated/α-hetero) is 1. The molecule has 0 aliphatic heterocycles. The van der Waals surface area contributed by atoms with Gasteiger partial charge < -0.3 is 14.0 Å². The largest absolute Gasteiger partial charge is 0.497 e. The summed E-state index contributed by atoms with van der Waals surface area (Å²) in [6.45, 7) is 2.53. The van der Waals surface area contributed by atoms with Crippen LogP contribution in [0.25, 0.3) is 11.4 Å². The average molecular weight is 507 g/mol. The quantitative estimate of drug-likeness (QED) is 0.179. The lowest BCUT2D eigenvalue weighted by Gasteiger charge is -2.10. The Morgan fingerprint density at radius 2 is 1.84 bits per heavy atom. The van der Waals surface area contributed by atoms with E-state index in [2.05, 4.69) is 26.1 Å². The lowest BCUT2D eigenvalue weighted by atomic mass is 10.1. The van der Waals surface area contributed by atoms with E-state index in [1.807, 2.05) is 23.6 Å². The first kappa shape index (κ1) is 22.8. The van der Waals surface area contributed by atoms with E-state index in [-0.39, 0.29) is 22.8 Å². The Labute approximate surface area is 191 Å². The highest BCUT2D eigenvalue weighted by Crippen LogP contribution is 2.31. The van der Waals surface area contributed by atoms with Gasteiger partial charge in [0.15, 0.2) is 16.8 Å². The van der Waals surface area contributed by atoms with Gasteiger partial charge in [-0.25, -0.2) is 0 Å². The van der Waals surface area contributed by atoms with Crippen molar-refractivity contribution in [2.75, 3.05) is 20.0 Å². The molecule has 0 saturated heterocycles. The Bertz CT molecular complexity index is 1110. The number of rotatable bonds is 9. The summed E-state index contributed by atoms with van der Waals surface area (Å²) in [5, 5.41) is 20.1. The first-order valence-electron chi connectivity index (χ1n) is 9.14. The maximum atomic E-state index is 12.7. The SMILES string of the molecule is CCn1c(SCC(=O)c2cc([N+](=O)[O-])ccc2Br)nnc1-c1cc(OC)cc(OC)c1. The van der Waals surface area contributed by atoms with Crippen LogP contribution in [-0.4, -0.2) is 45.4 Å². The number of hydrogen-bond acceptors (Lipinski definition) is 8. The van der Waals surface area contributed by atoms with Crippen molar-refractivity contribution in [1.82, 2.24) is 14.8 Å². The van der Waals surface area contributed by atoms with Gasteiger partial charge in [-0.2, -0.15) is 0 Å². The van der Waals surface area contributed by atoms with Crippen molar-refractivity contribution >= 4 is 39.2 Å². The molecule has 9 nitrogen and oxygen atoms in total. The summed E-state index contributed by atoms with van der Waals surface area (Å²) in [6, 6.07) is 9.54. The van der Waals surface area contributed by atoms with E-state index >= 15 is 0 Å². The van der Waals surface area contributed by atoms with Crippen molar-refractivity contribution in [3.63, 3.8) is 0 Å². The summed E-state index contributed by atoms with van der Waals surface area (Å²) in [5.74, 6) is 1.67. The number of halogens is 1. The van der Waals surface area contributed by atoms with E-state index in [1.54, 1.807) is 20.3 Å². The van der Waals surface area contributed by atoms with Crippen molar-refractivity contribution < 1.29 is 19.2 Å². The molecule has 0 bridgehead atoms. The fourth-order valence-corrected chi connectivity index (χ4v) is 4.23. The summed E-state index contributed by atoms with van der Waals surface area (Å²) in [6.07, 6.45) is 0. The molecular weight excluding hydrogens is 488 g/mol. The topological polar surface area (TPSA) is 109 Å². The zero-order valence-corrected chi connectivity index (χ0v) is 19.4. The molecule has 0 amide bonds. The molecule has 3 rings (SSSR count). The molecule has 0 N–H and O–H groups in total. The number of hydrogen-bond donors (Lipinski definition) is 0. The van der Waals surface area contributed by atoms with Crippen LogP contribution < -0.4 is 9.47 Å². The van der Waals surface area contributed by atoms with Crippen LogP contribution in [0.3, 0.4) is 0 Å². The summed E-state index contributed by atoms with van der Waals surface area (Å²) in [7, 11) is 3.14. The number of non-ortho nitro benzene ring substituents is 1. The van der Waals surface area contributed by atoms with Crippen molar-refractivity contribution in [1.29, 1.82) is 0 Å². The number of thioether (sulfide) groups is 1. The molecule has 31 heavy (non-hydrogen) atoms. The fourth-order valence-electron chi connectivity index (χ4n) is 2.88. The molecule has 3 aromatic rings. The van der Waals surface area contributed by atoms with Crippen LogP contribution in [-0.2, 0) is 6.54 Å². The third-order valence-corrected chi connectivity index (χ3v) is 6.09. The maximum absolute atomic E-state index is 12.7. The number of aromatic nitrogens is 3. The summed E-state index contributed by atoms with van der Waals surface area (Å²) >= 11 is 4.51. The number of carbonyl (C=O) groups excluding carboxylic acids is 1. The average Bonchev–Trinajstić information content (AvgIpc) is 3.20. The second kappa shape index (κ2) is 9.92. The lowest BCUT2D eigenvalue weighted by molar-refractivity contribution is -0.384. The highest BCUT2D eigenvalue weighted by atomic mass is 79.9. The van der Waals surface area contributed by atoms with Gasteiger partial charge in [0.1, 0.15) is 11.5 Å². The summed E-state index contributed by atoms with van der Waals surface area (Å²) < 4.78 is 13.0. The molecule has 0 fully saturated rings. The highest BCUT2D eigenvalue weighted by molar-refractivity contribution is 9.10. The highest BCUT2D eigenvalue weighted by Gasteiger charge is 2.19.